The molecule has 0 N–H and O–H groups in total. The van der Waals surface area contributed by atoms with Gasteiger partial charge in [0.05, 0.1) is 4.90 Å². The van der Waals surface area contributed by atoms with Crippen LogP contribution in [0.3, 0.4) is 0 Å². The lowest BCUT2D eigenvalue weighted by Gasteiger charge is -2.12. The number of hydrogen-bond donors (Lipinski definition) is 0. The second-order valence-corrected chi connectivity index (χ2v) is 7.47. The van der Waals surface area contributed by atoms with Gasteiger partial charge in [0.1, 0.15) is 0 Å². The molecule has 0 saturated heterocycles. The largest absolute Gasteiger partial charge is 0.277 e. The molecule has 0 amide bonds. The fourth-order valence-electron chi connectivity index (χ4n) is 2.72. The highest BCUT2D eigenvalue weighted by atomic mass is 32.2. The van der Waals surface area contributed by atoms with Crippen molar-refractivity contribution in [3.8, 4) is 11.1 Å². The van der Waals surface area contributed by atoms with E-state index in [1.807, 2.05) is 66.7 Å². The van der Waals surface area contributed by atoms with Crippen LogP contribution in [0.1, 0.15) is 0 Å². The first kappa shape index (κ1) is 15.2. The van der Waals surface area contributed by atoms with Crippen molar-refractivity contribution < 1.29 is 0 Å². The van der Waals surface area contributed by atoms with Crippen LogP contribution in [-0.2, 0) is 0 Å². The Kier molecular flexibility index (Phi) is 4.20. The lowest BCUT2D eigenvalue weighted by atomic mass is 10.0. The Labute approximate surface area is 148 Å². The first-order valence-corrected chi connectivity index (χ1v) is 9.30. The number of rotatable bonds is 3. The van der Waals surface area contributed by atoms with E-state index in [4.69, 9.17) is 0 Å². The molecule has 0 aliphatic carbocycles. The van der Waals surface area contributed by atoms with Gasteiger partial charge in [-0.05, 0) is 23.8 Å². The molecule has 0 saturated carbocycles. The van der Waals surface area contributed by atoms with E-state index >= 15 is 0 Å². The summed E-state index contributed by atoms with van der Waals surface area (Å²) in [5.41, 5.74) is 2.11. The van der Waals surface area contributed by atoms with Crippen LogP contribution in [0, 0.1) is 0 Å². The van der Waals surface area contributed by atoms with Crippen LogP contribution in [0.25, 0.3) is 21.2 Å². The van der Waals surface area contributed by atoms with E-state index in [0.29, 0.717) is 0 Å². The maximum atomic E-state index is 12.8. The molecule has 3 heteroatoms. The van der Waals surface area contributed by atoms with Gasteiger partial charge in [-0.1, -0.05) is 89.8 Å². The second kappa shape index (κ2) is 6.63. The first-order valence-electron chi connectivity index (χ1n) is 7.67. The lowest BCUT2D eigenvalue weighted by molar-refractivity contribution is 1.41. The molecule has 0 radical (unpaired) electrons. The Hall–Kier alpha value is -2.36. The highest BCUT2D eigenvalue weighted by molar-refractivity contribution is 7.99. The maximum absolute atomic E-state index is 12.8. The van der Waals surface area contributed by atoms with Crippen molar-refractivity contribution in [1.82, 2.24) is 0 Å². The zero-order chi connectivity index (χ0) is 16.4. The van der Waals surface area contributed by atoms with Gasteiger partial charge in [-0.3, -0.25) is 4.79 Å². The summed E-state index contributed by atoms with van der Waals surface area (Å²) in [6.07, 6.45) is 0. The SMILES string of the molecule is O=c1sc2ccccc2c(-c2ccccc2)c1Sc1ccccc1. The van der Waals surface area contributed by atoms with E-state index in [-0.39, 0.29) is 4.74 Å². The van der Waals surface area contributed by atoms with E-state index < -0.39 is 0 Å². The monoisotopic (exact) mass is 346 g/mol. The average Bonchev–Trinajstić information content (AvgIpc) is 2.64. The third kappa shape index (κ3) is 2.88. The molecule has 1 nitrogen and oxygen atoms in total. The Bertz CT molecular complexity index is 1040. The zero-order valence-electron chi connectivity index (χ0n) is 12.8. The molecule has 0 fully saturated rings. The van der Waals surface area contributed by atoms with Crippen molar-refractivity contribution in [2.45, 2.75) is 9.79 Å². The Morgan fingerprint density at radius 1 is 0.708 bits per heavy atom. The second-order valence-electron chi connectivity index (χ2n) is 5.37. The summed E-state index contributed by atoms with van der Waals surface area (Å²) >= 11 is 2.87. The van der Waals surface area contributed by atoms with Crippen LogP contribution in [0.2, 0.25) is 0 Å². The summed E-state index contributed by atoms with van der Waals surface area (Å²) in [6, 6.07) is 28.4. The van der Waals surface area contributed by atoms with E-state index in [9.17, 15) is 4.79 Å². The predicted molar refractivity (Wildman–Crippen MR) is 104 cm³/mol. The number of hydrogen-bond acceptors (Lipinski definition) is 3. The topological polar surface area (TPSA) is 17.1 Å². The van der Waals surface area contributed by atoms with Crippen molar-refractivity contribution in [3.05, 3.63) is 94.5 Å². The molecule has 0 aliphatic rings. The molecular formula is C21H14OS2. The first-order chi connectivity index (χ1) is 11.8. The van der Waals surface area contributed by atoms with E-state index in [1.165, 1.54) is 11.3 Å². The van der Waals surface area contributed by atoms with Crippen LogP contribution in [0.15, 0.2) is 99.5 Å². The molecule has 0 aliphatic heterocycles. The molecule has 24 heavy (non-hydrogen) atoms. The van der Waals surface area contributed by atoms with Crippen LogP contribution in [-0.4, -0.2) is 0 Å². The fraction of sp³-hybridized carbons (Fsp3) is 0. The van der Waals surface area contributed by atoms with Gasteiger partial charge in [0.15, 0.2) is 0 Å². The van der Waals surface area contributed by atoms with Gasteiger partial charge in [-0.15, -0.1) is 0 Å². The molecule has 4 aromatic rings. The average molecular weight is 346 g/mol. The predicted octanol–water partition coefficient (Wildman–Crippen LogP) is 6.08. The van der Waals surface area contributed by atoms with Gasteiger partial charge in [0.25, 0.3) is 0 Å². The maximum Gasteiger partial charge on any atom is 0.247 e. The molecule has 0 spiro atoms. The van der Waals surface area contributed by atoms with Gasteiger partial charge in [-0.2, -0.15) is 0 Å². The highest BCUT2D eigenvalue weighted by Crippen LogP contribution is 2.39. The number of benzene rings is 3. The summed E-state index contributed by atoms with van der Waals surface area (Å²) in [5.74, 6) is 0. The van der Waals surface area contributed by atoms with Gasteiger partial charge in [0, 0.05) is 20.5 Å². The Balaban J connectivity index is 2.01. The Morgan fingerprint density at radius 2 is 1.33 bits per heavy atom. The summed E-state index contributed by atoms with van der Waals surface area (Å²) in [6.45, 7) is 0. The number of fused-ring (bicyclic) bond motifs is 1. The lowest BCUT2D eigenvalue weighted by Crippen LogP contribution is -2.01. The molecule has 3 aromatic carbocycles. The van der Waals surface area contributed by atoms with Crippen LogP contribution in [0.5, 0.6) is 0 Å². The van der Waals surface area contributed by atoms with Gasteiger partial charge in [0.2, 0.25) is 4.74 Å². The van der Waals surface area contributed by atoms with Crippen molar-refractivity contribution in [2.24, 2.45) is 0 Å². The van der Waals surface area contributed by atoms with Gasteiger partial charge in [-0.25, -0.2) is 0 Å². The van der Waals surface area contributed by atoms with Crippen molar-refractivity contribution in [2.75, 3.05) is 0 Å². The minimum absolute atomic E-state index is 0.112. The van der Waals surface area contributed by atoms with Crippen molar-refractivity contribution in [3.63, 3.8) is 0 Å². The molecule has 4 rings (SSSR count). The minimum Gasteiger partial charge on any atom is -0.277 e. The molecule has 0 atom stereocenters. The van der Waals surface area contributed by atoms with Crippen LogP contribution in [0.4, 0.5) is 0 Å². The fourth-order valence-corrected chi connectivity index (χ4v) is 4.74. The zero-order valence-corrected chi connectivity index (χ0v) is 14.4. The van der Waals surface area contributed by atoms with E-state index in [1.54, 1.807) is 11.8 Å². The molecule has 0 unspecified atom stereocenters. The van der Waals surface area contributed by atoms with Crippen molar-refractivity contribution in [1.29, 1.82) is 0 Å². The van der Waals surface area contributed by atoms with Gasteiger partial charge >= 0.3 is 0 Å². The summed E-state index contributed by atoms with van der Waals surface area (Å²) in [5, 5.41) is 1.13. The third-order valence-electron chi connectivity index (χ3n) is 3.80. The summed E-state index contributed by atoms with van der Waals surface area (Å²) in [4.78, 5) is 14.7. The third-order valence-corrected chi connectivity index (χ3v) is 5.99. The van der Waals surface area contributed by atoms with Gasteiger partial charge < -0.3 is 0 Å². The summed E-state index contributed by atoms with van der Waals surface area (Å²) in [7, 11) is 0. The molecule has 1 heterocycles. The van der Waals surface area contributed by atoms with Crippen LogP contribution >= 0.6 is 23.1 Å². The van der Waals surface area contributed by atoms with Crippen LogP contribution < -0.4 is 4.74 Å². The normalized spacial score (nSPS) is 10.8. The quantitative estimate of drug-likeness (QED) is 0.447. The molecular weight excluding hydrogens is 332 g/mol. The van der Waals surface area contributed by atoms with E-state index in [0.717, 1.165) is 31.0 Å². The van der Waals surface area contributed by atoms with Crippen molar-refractivity contribution >= 4 is 33.2 Å². The molecule has 116 valence electrons. The standard InChI is InChI=1S/C21H14OS2/c22-21-20(23-16-11-5-2-6-12-16)19(15-9-3-1-4-10-15)17-13-7-8-14-18(17)24-21/h1-14H. The molecule has 1 aromatic heterocycles. The smallest absolute Gasteiger partial charge is 0.247 e. The summed E-state index contributed by atoms with van der Waals surface area (Å²) < 4.78 is 1.14. The highest BCUT2D eigenvalue weighted by Gasteiger charge is 2.15. The van der Waals surface area contributed by atoms with E-state index in [2.05, 4.69) is 18.2 Å². The minimum atomic E-state index is 0.112. The Morgan fingerprint density at radius 3 is 2.08 bits per heavy atom. The molecule has 0 bridgehead atoms.